The van der Waals surface area contributed by atoms with Gasteiger partial charge in [0, 0.05) is 31.7 Å². The number of nitrogens with one attached hydrogen (secondary N) is 1. The van der Waals surface area contributed by atoms with Gasteiger partial charge in [-0.1, -0.05) is 0 Å². The Bertz CT molecular complexity index is 265. The average molecular weight is 254 g/mol. The van der Waals surface area contributed by atoms with Crippen LogP contribution in [0.25, 0.3) is 0 Å². The van der Waals surface area contributed by atoms with E-state index in [0.29, 0.717) is 12.5 Å². The topological polar surface area (TPSA) is 64.3 Å². The van der Waals surface area contributed by atoms with Crippen LogP contribution in [0.3, 0.4) is 0 Å². The summed E-state index contributed by atoms with van der Waals surface area (Å²) >= 11 is 0. The zero-order valence-corrected chi connectivity index (χ0v) is 11.2. The first-order valence-electron chi connectivity index (χ1n) is 7.36. The van der Waals surface area contributed by atoms with E-state index in [9.17, 15) is 4.79 Å². The molecule has 104 valence electrons. The van der Waals surface area contributed by atoms with Crippen LogP contribution in [0.4, 0.5) is 0 Å². The van der Waals surface area contributed by atoms with Crippen molar-refractivity contribution in [3.8, 4) is 0 Å². The lowest BCUT2D eigenvalue weighted by atomic mass is 9.94. The summed E-state index contributed by atoms with van der Waals surface area (Å²) in [4.78, 5) is 11.8. The summed E-state index contributed by atoms with van der Waals surface area (Å²) in [5.41, 5.74) is 5.84. The molecule has 1 aliphatic heterocycles. The lowest BCUT2D eigenvalue weighted by Crippen LogP contribution is -2.33. The Balaban J connectivity index is 1.54. The predicted molar refractivity (Wildman–Crippen MR) is 71.2 cm³/mol. The average Bonchev–Trinajstić information content (AvgIpc) is 2.76. The van der Waals surface area contributed by atoms with Crippen molar-refractivity contribution in [2.45, 2.75) is 63.5 Å². The Morgan fingerprint density at radius 2 is 2.00 bits per heavy atom. The van der Waals surface area contributed by atoms with Gasteiger partial charge in [0.05, 0.1) is 0 Å². The van der Waals surface area contributed by atoms with E-state index in [1.54, 1.807) is 0 Å². The molecule has 2 unspecified atom stereocenters. The van der Waals surface area contributed by atoms with Gasteiger partial charge in [-0.2, -0.15) is 0 Å². The van der Waals surface area contributed by atoms with Gasteiger partial charge in [0.15, 0.2) is 0 Å². The Hall–Kier alpha value is -0.610. The van der Waals surface area contributed by atoms with Gasteiger partial charge in [-0.15, -0.1) is 0 Å². The highest BCUT2D eigenvalue weighted by Crippen LogP contribution is 2.21. The van der Waals surface area contributed by atoms with E-state index in [2.05, 4.69) is 5.32 Å². The molecule has 1 heterocycles. The number of carbonyl (C=O) groups is 1. The molecule has 18 heavy (non-hydrogen) atoms. The maximum Gasteiger partial charge on any atom is 0.220 e. The zero-order valence-electron chi connectivity index (χ0n) is 11.2. The molecule has 2 rings (SSSR count). The number of amides is 1. The SMILES string of the molecule is NC1CCC(NC(=O)CCCC2CCOCC2)C1. The van der Waals surface area contributed by atoms with Gasteiger partial charge in [0.25, 0.3) is 0 Å². The number of carbonyl (C=O) groups excluding carboxylic acids is 1. The van der Waals surface area contributed by atoms with Crippen LogP contribution in [-0.4, -0.2) is 31.2 Å². The minimum Gasteiger partial charge on any atom is -0.381 e. The molecule has 0 aromatic heterocycles. The zero-order chi connectivity index (χ0) is 12.8. The molecule has 2 aliphatic rings. The van der Waals surface area contributed by atoms with Gasteiger partial charge < -0.3 is 15.8 Å². The molecule has 0 bridgehead atoms. The van der Waals surface area contributed by atoms with E-state index in [1.807, 2.05) is 0 Å². The van der Waals surface area contributed by atoms with E-state index in [1.165, 1.54) is 19.3 Å². The monoisotopic (exact) mass is 254 g/mol. The lowest BCUT2D eigenvalue weighted by molar-refractivity contribution is -0.121. The third-order valence-corrected chi connectivity index (χ3v) is 4.20. The summed E-state index contributed by atoms with van der Waals surface area (Å²) < 4.78 is 5.33. The second kappa shape index (κ2) is 7.10. The molecule has 4 nitrogen and oxygen atoms in total. The van der Waals surface area contributed by atoms with Crippen molar-refractivity contribution in [1.29, 1.82) is 0 Å². The van der Waals surface area contributed by atoms with Gasteiger partial charge in [-0.3, -0.25) is 4.79 Å². The van der Waals surface area contributed by atoms with Crippen molar-refractivity contribution < 1.29 is 9.53 Å². The minimum atomic E-state index is 0.209. The first-order chi connectivity index (χ1) is 8.74. The molecule has 4 heteroatoms. The summed E-state index contributed by atoms with van der Waals surface area (Å²) in [7, 11) is 0. The van der Waals surface area contributed by atoms with Crippen LogP contribution in [0.2, 0.25) is 0 Å². The highest BCUT2D eigenvalue weighted by molar-refractivity contribution is 5.76. The summed E-state index contributed by atoms with van der Waals surface area (Å²) in [6.07, 6.45) is 8.23. The normalized spacial score (nSPS) is 29.4. The summed E-state index contributed by atoms with van der Waals surface area (Å²) in [5.74, 6) is 0.979. The third kappa shape index (κ3) is 4.58. The maximum atomic E-state index is 11.8. The summed E-state index contributed by atoms with van der Waals surface area (Å²) in [6, 6.07) is 0.619. The maximum absolute atomic E-state index is 11.8. The van der Waals surface area contributed by atoms with Crippen LogP contribution in [-0.2, 0) is 9.53 Å². The van der Waals surface area contributed by atoms with Crippen LogP contribution in [0.15, 0.2) is 0 Å². The number of hydrogen-bond acceptors (Lipinski definition) is 3. The fourth-order valence-corrected chi connectivity index (χ4v) is 3.03. The highest BCUT2D eigenvalue weighted by atomic mass is 16.5. The molecule has 2 fully saturated rings. The van der Waals surface area contributed by atoms with Gasteiger partial charge in [-0.05, 0) is 50.9 Å². The van der Waals surface area contributed by atoms with E-state index >= 15 is 0 Å². The van der Waals surface area contributed by atoms with Crippen molar-refractivity contribution >= 4 is 5.91 Å². The summed E-state index contributed by atoms with van der Waals surface area (Å²) in [5, 5.41) is 3.10. The molecule has 0 spiro atoms. The second-order valence-electron chi connectivity index (χ2n) is 5.79. The predicted octanol–water partition coefficient (Wildman–Crippen LogP) is 1.58. The third-order valence-electron chi connectivity index (χ3n) is 4.20. The van der Waals surface area contributed by atoms with Crippen LogP contribution in [0, 0.1) is 5.92 Å². The lowest BCUT2D eigenvalue weighted by Gasteiger charge is -2.21. The molecule has 1 amide bonds. The van der Waals surface area contributed by atoms with Crippen molar-refractivity contribution in [3.05, 3.63) is 0 Å². The van der Waals surface area contributed by atoms with Crippen LogP contribution in [0.5, 0.6) is 0 Å². The van der Waals surface area contributed by atoms with E-state index in [-0.39, 0.29) is 11.9 Å². The number of hydrogen-bond donors (Lipinski definition) is 2. The second-order valence-corrected chi connectivity index (χ2v) is 5.79. The van der Waals surface area contributed by atoms with Gasteiger partial charge >= 0.3 is 0 Å². The fraction of sp³-hybridized carbons (Fsp3) is 0.929. The number of rotatable bonds is 5. The van der Waals surface area contributed by atoms with Gasteiger partial charge in [0.1, 0.15) is 0 Å². The Morgan fingerprint density at radius 1 is 1.22 bits per heavy atom. The van der Waals surface area contributed by atoms with E-state index in [0.717, 1.165) is 44.8 Å². The highest BCUT2D eigenvalue weighted by Gasteiger charge is 2.23. The van der Waals surface area contributed by atoms with Crippen molar-refractivity contribution in [1.82, 2.24) is 5.32 Å². The Morgan fingerprint density at radius 3 is 2.67 bits per heavy atom. The van der Waals surface area contributed by atoms with Crippen molar-refractivity contribution in [3.63, 3.8) is 0 Å². The molecule has 0 aromatic carbocycles. The van der Waals surface area contributed by atoms with Crippen LogP contribution >= 0.6 is 0 Å². The standard InChI is InChI=1S/C14H26N2O2/c15-12-4-5-13(10-12)16-14(17)3-1-2-11-6-8-18-9-7-11/h11-13H,1-10,15H2,(H,16,17). The number of ether oxygens (including phenoxy) is 1. The van der Waals surface area contributed by atoms with E-state index < -0.39 is 0 Å². The minimum absolute atomic E-state index is 0.209. The molecule has 1 aliphatic carbocycles. The van der Waals surface area contributed by atoms with E-state index in [4.69, 9.17) is 10.5 Å². The summed E-state index contributed by atoms with van der Waals surface area (Å²) in [6.45, 7) is 1.80. The van der Waals surface area contributed by atoms with Crippen molar-refractivity contribution in [2.24, 2.45) is 11.7 Å². The first kappa shape index (κ1) is 13.8. The van der Waals surface area contributed by atoms with Crippen molar-refractivity contribution in [2.75, 3.05) is 13.2 Å². The molecular formula is C14H26N2O2. The Kier molecular flexibility index (Phi) is 5.45. The molecule has 0 radical (unpaired) electrons. The van der Waals surface area contributed by atoms with Gasteiger partial charge in [0.2, 0.25) is 5.91 Å². The molecule has 2 atom stereocenters. The molecule has 0 aromatic rings. The molecule has 1 saturated heterocycles. The fourth-order valence-electron chi connectivity index (χ4n) is 3.03. The Labute approximate surface area is 110 Å². The molecule has 1 saturated carbocycles. The van der Waals surface area contributed by atoms with Crippen LogP contribution < -0.4 is 11.1 Å². The molecule has 3 N–H and O–H groups in total. The smallest absolute Gasteiger partial charge is 0.220 e. The largest absolute Gasteiger partial charge is 0.381 e. The quantitative estimate of drug-likeness (QED) is 0.783. The molecular weight excluding hydrogens is 228 g/mol. The van der Waals surface area contributed by atoms with Crippen LogP contribution in [0.1, 0.15) is 51.4 Å². The number of nitrogens with two attached hydrogens (primary N) is 1. The van der Waals surface area contributed by atoms with Gasteiger partial charge in [-0.25, -0.2) is 0 Å². The first-order valence-corrected chi connectivity index (χ1v) is 7.36.